The summed E-state index contributed by atoms with van der Waals surface area (Å²) in [4.78, 5) is 4.35. The van der Waals surface area contributed by atoms with Gasteiger partial charge in [0.2, 0.25) is 0 Å². The molecular weight excluding hydrogens is 393 g/mol. The number of hydrogen-bond acceptors (Lipinski definition) is 5. The number of benzene rings is 2. The van der Waals surface area contributed by atoms with E-state index in [1.165, 1.54) is 43.6 Å². The first kappa shape index (κ1) is 19.1. The predicted molar refractivity (Wildman–Crippen MR) is 108 cm³/mol. The fraction of sp³-hybridized carbons (Fsp3) is 0.0952. The molecule has 148 valence electrons. The van der Waals surface area contributed by atoms with E-state index in [-0.39, 0.29) is 16.2 Å². The van der Waals surface area contributed by atoms with E-state index in [0.717, 1.165) is 3.97 Å². The number of fused-ring (bicyclic) bond motifs is 1. The summed E-state index contributed by atoms with van der Waals surface area (Å²) in [6, 6.07) is 16.1. The van der Waals surface area contributed by atoms with Crippen LogP contribution in [0.15, 0.2) is 77.8 Å². The number of halogens is 1. The van der Waals surface area contributed by atoms with E-state index in [9.17, 15) is 12.8 Å². The van der Waals surface area contributed by atoms with E-state index >= 15 is 0 Å². The number of ether oxygens (including phenoxy) is 1. The monoisotopic (exact) mass is 411 g/mol. The van der Waals surface area contributed by atoms with Gasteiger partial charge in [-0.15, -0.1) is 0 Å². The Bertz CT molecular complexity index is 1290. The van der Waals surface area contributed by atoms with E-state index in [0.29, 0.717) is 16.7 Å². The molecule has 0 radical (unpaired) electrons. The Morgan fingerprint density at radius 1 is 1.07 bits per heavy atom. The van der Waals surface area contributed by atoms with Gasteiger partial charge in [0.1, 0.15) is 11.6 Å². The largest absolute Gasteiger partial charge is 0.496 e. The summed E-state index contributed by atoms with van der Waals surface area (Å²) in [5.74, 6) is -0.135. The lowest BCUT2D eigenvalue weighted by molar-refractivity contribution is 0.406. The van der Waals surface area contributed by atoms with E-state index in [1.807, 2.05) is 0 Å². The lowest BCUT2D eigenvalue weighted by Gasteiger charge is -2.19. The first-order valence-corrected chi connectivity index (χ1v) is 10.2. The molecule has 0 unspecified atom stereocenters. The normalized spacial score (nSPS) is 12.8. The molecule has 0 aliphatic heterocycles. The summed E-state index contributed by atoms with van der Waals surface area (Å²) in [6.45, 7) is 0. The van der Waals surface area contributed by atoms with Gasteiger partial charge in [0.25, 0.3) is 10.0 Å². The van der Waals surface area contributed by atoms with Crippen molar-refractivity contribution in [2.24, 2.45) is 5.73 Å². The van der Waals surface area contributed by atoms with E-state index in [4.69, 9.17) is 10.5 Å². The minimum Gasteiger partial charge on any atom is -0.496 e. The zero-order valence-corrected chi connectivity index (χ0v) is 16.3. The molecule has 2 aromatic heterocycles. The molecule has 0 amide bonds. The minimum absolute atomic E-state index is 0.0998. The number of aromatic nitrogens is 2. The van der Waals surface area contributed by atoms with Crippen LogP contribution >= 0.6 is 0 Å². The molecule has 1 atom stereocenters. The third kappa shape index (κ3) is 3.26. The number of nitrogens with two attached hydrogens (primary N) is 1. The molecule has 0 aliphatic carbocycles. The fourth-order valence-corrected chi connectivity index (χ4v) is 4.84. The Morgan fingerprint density at radius 2 is 1.83 bits per heavy atom. The van der Waals surface area contributed by atoms with Gasteiger partial charge in [-0.1, -0.05) is 18.2 Å². The standard InChI is InChI=1S/C21H18FN3O3S/c1-28-19-10-9-15(22)13-17(19)20(23)18-12-14-6-5-11-24-21(14)25(18)29(26,27)16-7-3-2-4-8-16/h2-13,20H,23H2,1H3/t20-/m0/s1. The Hall–Kier alpha value is -3.23. The molecular formula is C21H18FN3O3S. The summed E-state index contributed by atoms with van der Waals surface area (Å²) in [5.41, 5.74) is 7.28. The van der Waals surface area contributed by atoms with Crippen LogP contribution in [0.25, 0.3) is 11.0 Å². The van der Waals surface area contributed by atoms with E-state index in [1.54, 1.807) is 36.4 Å². The third-order valence-electron chi connectivity index (χ3n) is 4.67. The minimum atomic E-state index is -4.00. The highest BCUT2D eigenvalue weighted by atomic mass is 32.2. The molecule has 8 heteroatoms. The molecule has 4 rings (SSSR count). The Labute approximate surface area is 167 Å². The van der Waals surface area contributed by atoms with Crippen LogP contribution < -0.4 is 10.5 Å². The van der Waals surface area contributed by atoms with Crippen molar-refractivity contribution >= 4 is 21.1 Å². The van der Waals surface area contributed by atoms with Crippen LogP contribution in [-0.4, -0.2) is 24.5 Å². The SMILES string of the molecule is COc1ccc(F)cc1[C@H](N)c1cc2cccnc2n1S(=O)(=O)c1ccccc1. The van der Waals surface area contributed by atoms with Crippen molar-refractivity contribution in [2.45, 2.75) is 10.9 Å². The highest BCUT2D eigenvalue weighted by molar-refractivity contribution is 7.90. The third-order valence-corrected chi connectivity index (χ3v) is 6.41. The summed E-state index contributed by atoms with van der Waals surface area (Å²) in [7, 11) is -2.55. The fourth-order valence-electron chi connectivity index (χ4n) is 3.31. The van der Waals surface area contributed by atoms with Gasteiger partial charge >= 0.3 is 0 Å². The Morgan fingerprint density at radius 3 is 2.55 bits per heavy atom. The second-order valence-corrected chi connectivity index (χ2v) is 8.22. The van der Waals surface area contributed by atoms with Gasteiger partial charge in [0.15, 0.2) is 5.65 Å². The molecule has 2 N–H and O–H groups in total. The van der Waals surface area contributed by atoms with Crippen LogP contribution in [-0.2, 0) is 10.0 Å². The average molecular weight is 411 g/mol. The maximum Gasteiger partial charge on any atom is 0.269 e. The zero-order valence-electron chi connectivity index (χ0n) is 15.5. The number of methoxy groups -OCH3 is 1. The number of nitrogens with zero attached hydrogens (tertiary/aromatic N) is 2. The van der Waals surface area contributed by atoms with Crippen molar-refractivity contribution in [3.8, 4) is 5.75 Å². The van der Waals surface area contributed by atoms with Crippen LogP contribution in [0.5, 0.6) is 5.75 Å². The molecule has 0 aliphatic rings. The number of pyridine rings is 1. The quantitative estimate of drug-likeness (QED) is 0.543. The lowest BCUT2D eigenvalue weighted by Crippen LogP contribution is -2.23. The van der Waals surface area contributed by atoms with Crippen molar-refractivity contribution in [2.75, 3.05) is 7.11 Å². The first-order valence-electron chi connectivity index (χ1n) is 8.79. The van der Waals surface area contributed by atoms with Gasteiger partial charge in [-0.2, -0.15) is 0 Å². The molecule has 6 nitrogen and oxygen atoms in total. The van der Waals surface area contributed by atoms with Crippen molar-refractivity contribution in [3.05, 3.63) is 90.0 Å². The maximum absolute atomic E-state index is 13.9. The second-order valence-electron chi connectivity index (χ2n) is 6.43. The van der Waals surface area contributed by atoms with Crippen molar-refractivity contribution in [3.63, 3.8) is 0 Å². The molecule has 0 fully saturated rings. The van der Waals surface area contributed by atoms with E-state index < -0.39 is 21.9 Å². The molecule has 0 saturated carbocycles. The van der Waals surface area contributed by atoms with Crippen LogP contribution in [0.2, 0.25) is 0 Å². The summed E-state index contributed by atoms with van der Waals surface area (Å²) in [5, 5.41) is 0.604. The molecule has 0 bridgehead atoms. The Kier molecular flexibility index (Phi) is 4.81. The summed E-state index contributed by atoms with van der Waals surface area (Å²) >= 11 is 0. The van der Waals surface area contributed by atoms with Crippen LogP contribution in [0.3, 0.4) is 0 Å². The van der Waals surface area contributed by atoms with Crippen molar-refractivity contribution < 1.29 is 17.5 Å². The van der Waals surface area contributed by atoms with Gasteiger partial charge in [-0.05, 0) is 48.5 Å². The highest BCUT2D eigenvalue weighted by Crippen LogP contribution is 2.34. The van der Waals surface area contributed by atoms with Crippen molar-refractivity contribution in [1.82, 2.24) is 8.96 Å². The molecule has 0 spiro atoms. The Balaban J connectivity index is 2.00. The van der Waals surface area contributed by atoms with Gasteiger partial charge in [-0.25, -0.2) is 21.8 Å². The lowest BCUT2D eigenvalue weighted by atomic mass is 10.0. The van der Waals surface area contributed by atoms with Crippen LogP contribution in [0.1, 0.15) is 17.3 Å². The number of rotatable bonds is 5. The predicted octanol–water partition coefficient (Wildman–Crippen LogP) is 3.47. The first-order chi connectivity index (χ1) is 13.9. The van der Waals surface area contributed by atoms with Gasteiger partial charge in [0.05, 0.1) is 23.7 Å². The van der Waals surface area contributed by atoms with Crippen LogP contribution in [0, 0.1) is 5.82 Å². The summed E-state index contributed by atoms with van der Waals surface area (Å²) < 4.78 is 47.2. The average Bonchev–Trinajstić information content (AvgIpc) is 3.14. The molecule has 0 saturated heterocycles. The molecule has 2 aromatic carbocycles. The smallest absolute Gasteiger partial charge is 0.269 e. The molecule has 29 heavy (non-hydrogen) atoms. The number of hydrogen-bond donors (Lipinski definition) is 1. The van der Waals surface area contributed by atoms with Gasteiger partial charge in [-0.3, -0.25) is 0 Å². The maximum atomic E-state index is 13.9. The topological polar surface area (TPSA) is 87.2 Å². The highest BCUT2D eigenvalue weighted by Gasteiger charge is 2.28. The van der Waals surface area contributed by atoms with Crippen molar-refractivity contribution in [1.29, 1.82) is 0 Å². The molecule has 4 aromatic rings. The molecule has 2 heterocycles. The zero-order chi connectivity index (χ0) is 20.6. The van der Waals surface area contributed by atoms with Gasteiger partial charge < -0.3 is 10.5 Å². The summed E-state index contributed by atoms with van der Waals surface area (Å²) in [6.07, 6.45) is 1.51. The van der Waals surface area contributed by atoms with Crippen LogP contribution in [0.4, 0.5) is 4.39 Å². The second kappa shape index (κ2) is 7.31. The van der Waals surface area contributed by atoms with E-state index in [2.05, 4.69) is 4.98 Å². The van der Waals surface area contributed by atoms with Gasteiger partial charge in [0, 0.05) is 17.1 Å².